The van der Waals surface area contributed by atoms with Crippen LogP contribution in [0.4, 0.5) is 0 Å². The summed E-state index contributed by atoms with van der Waals surface area (Å²) >= 11 is 0. The second-order valence-corrected chi connectivity index (χ2v) is 7.51. The van der Waals surface area contributed by atoms with E-state index in [-0.39, 0.29) is 11.9 Å². The fraction of sp³-hybridized carbons (Fsp3) is 0.261. The Kier molecular flexibility index (Phi) is 3.90. The van der Waals surface area contributed by atoms with Crippen molar-refractivity contribution in [1.82, 2.24) is 14.9 Å². The van der Waals surface area contributed by atoms with Crippen LogP contribution in [0.3, 0.4) is 0 Å². The van der Waals surface area contributed by atoms with Crippen molar-refractivity contribution in [3.63, 3.8) is 0 Å². The number of aryl methyl sites for hydroxylation is 2. The lowest BCUT2D eigenvalue weighted by atomic mass is 9.91. The molecular weight excluding hydrogens is 350 g/mol. The first-order valence-corrected chi connectivity index (χ1v) is 9.69. The number of nitrogens with one attached hydrogen (secondary N) is 2. The minimum absolute atomic E-state index is 0.00591. The highest BCUT2D eigenvalue weighted by molar-refractivity contribution is 6.06. The monoisotopic (exact) mass is 373 g/mol. The molecule has 0 bridgehead atoms. The molecular formula is C23H23N3O2. The number of methoxy groups -OCH3 is 1. The number of fused-ring (bicyclic) bond motifs is 4. The van der Waals surface area contributed by atoms with Gasteiger partial charge in [0.15, 0.2) is 0 Å². The Hall–Kier alpha value is -3.21. The Balaban J connectivity index is 1.50. The molecule has 2 N–H and O–H groups in total. The van der Waals surface area contributed by atoms with Gasteiger partial charge in [-0.25, -0.2) is 0 Å². The van der Waals surface area contributed by atoms with E-state index >= 15 is 0 Å². The number of aromatic nitrogens is 2. The molecule has 1 amide bonds. The number of H-pyrrole nitrogens is 1. The maximum atomic E-state index is 13.1. The van der Waals surface area contributed by atoms with Gasteiger partial charge in [-0.1, -0.05) is 6.07 Å². The van der Waals surface area contributed by atoms with E-state index < -0.39 is 0 Å². The number of aromatic amines is 1. The van der Waals surface area contributed by atoms with Crippen LogP contribution in [0.5, 0.6) is 5.75 Å². The minimum atomic E-state index is -0.0223. The summed E-state index contributed by atoms with van der Waals surface area (Å²) in [5.74, 6) is 0.835. The summed E-state index contributed by atoms with van der Waals surface area (Å²) in [6, 6.07) is 14.0. The number of hydrogen-bond donors (Lipinski definition) is 2. The van der Waals surface area contributed by atoms with Gasteiger partial charge in [-0.05, 0) is 61.2 Å². The number of nitrogens with zero attached hydrogens (tertiary/aromatic N) is 1. The fourth-order valence-electron chi connectivity index (χ4n) is 4.45. The molecule has 2 aromatic carbocycles. The van der Waals surface area contributed by atoms with Crippen LogP contribution in [0, 0.1) is 0 Å². The lowest BCUT2D eigenvalue weighted by molar-refractivity contribution is 0.0933. The van der Waals surface area contributed by atoms with E-state index in [1.165, 1.54) is 10.9 Å². The molecule has 2 heterocycles. The standard InChI is InChI=1S/C23H23N3O2/c1-26-12-11-15-17(6-4-8-21(15)26)23(27)25-20-7-3-5-16-18-13-14(28-2)9-10-19(18)24-22(16)20/h4,6,8-13,20,24H,3,5,7H2,1-2H3,(H,25,27)/t20-/m0/s1. The predicted molar refractivity (Wildman–Crippen MR) is 111 cm³/mol. The van der Waals surface area contributed by atoms with Crippen LogP contribution in [0.1, 0.15) is 40.5 Å². The molecule has 0 aliphatic heterocycles. The maximum Gasteiger partial charge on any atom is 0.252 e. The minimum Gasteiger partial charge on any atom is -0.497 e. The zero-order valence-electron chi connectivity index (χ0n) is 16.1. The third kappa shape index (κ3) is 2.58. The SMILES string of the molecule is COc1ccc2[nH]c3c(c2c1)CCC[C@@H]3NC(=O)c1cccc2c1ccn2C. The number of carbonyl (C=O) groups excluding carboxylic acids is 1. The third-order valence-corrected chi connectivity index (χ3v) is 5.89. The van der Waals surface area contributed by atoms with Crippen molar-refractivity contribution in [1.29, 1.82) is 0 Å². The Morgan fingerprint density at radius 3 is 2.96 bits per heavy atom. The van der Waals surface area contributed by atoms with E-state index in [9.17, 15) is 4.79 Å². The van der Waals surface area contributed by atoms with Gasteiger partial charge in [0.05, 0.1) is 13.2 Å². The number of rotatable bonds is 3. The molecule has 1 aliphatic carbocycles. The van der Waals surface area contributed by atoms with Crippen LogP contribution in [-0.4, -0.2) is 22.6 Å². The highest BCUT2D eigenvalue weighted by Gasteiger charge is 2.26. The summed E-state index contributed by atoms with van der Waals surface area (Å²) in [5.41, 5.74) is 5.31. The molecule has 0 saturated carbocycles. The normalized spacial score (nSPS) is 16.3. The van der Waals surface area contributed by atoms with Gasteiger partial charge in [0.1, 0.15) is 5.75 Å². The lowest BCUT2D eigenvalue weighted by Crippen LogP contribution is -2.31. The number of amides is 1. The average Bonchev–Trinajstić information content (AvgIpc) is 3.29. The van der Waals surface area contributed by atoms with Crippen LogP contribution in [-0.2, 0) is 13.5 Å². The molecule has 1 aliphatic rings. The van der Waals surface area contributed by atoms with Crippen LogP contribution >= 0.6 is 0 Å². The molecule has 142 valence electrons. The topological polar surface area (TPSA) is 59.0 Å². The lowest BCUT2D eigenvalue weighted by Gasteiger charge is -2.24. The fourth-order valence-corrected chi connectivity index (χ4v) is 4.45. The van der Waals surface area contributed by atoms with Gasteiger partial charge in [-0.3, -0.25) is 4.79 Å². The van der Waals surface area contributed by atoms with Crippen molar-refractivity contribution < 1.29 is 9.53 Å². The number of benzene rings is 2. The highest BCUT2D eigenvalue weighted by Crippen LogP contribution is 2.36. The van der Waals surface area contributed by atoms with Crippen LogP contribution in [0.25, 0.3) is 21.8 Å². The highest BCUT2D eigenvalue weighted by atomic mass is 16.5. The summed E-state index contributed by atoms with van der Waals surface area (Å²) in [4.78, 5) is 16.6. The summed E-state index contributed by atoms with van der Waals surface area (Å²) in [5, 5.41) is 5.45. The first-order chi connectivity index (χ1) is 13.7. The molecule has 5 rings (SSSR count). The first-order valence-electron chi connectivity index (χ1n) is 9.69. The van der Waals surface area contributed by atoms with Gasteiger partial charge < -0.3 is 19.6 Å². The average molecular weight is 373 g/mol. The zero-order valence-corrected chi connectivity index (χ0v) is 16.1. The van der Waals surface area contributed by atoms with Crippen LogP contribution in [0.2, 0.25) is 0 Å². The smallest absolute Gasteiger partial charge is 0.252 e. The third-order valence-electron chi connectivity index (χ3n) is 5.89. The summed E-state index contributed by atoms with van der Waals surface area (Å²) < 4.78 is 7.43. The Labute approximate surface area is 163 Å². The van der Waals surface area contributed by atoms with Gasteiger partial charge in [0.25, 0.3) is 5.91 Å². The van der Waals surface area contributed by atoms with Crippen molar-refractivity contribution >= 4 is 27.7 Å². The number of hydrogen-bond acceptors (Lipinski definition) is 2. The molecule has 0 radical (unpaired) electrons. The van der Waals surface area contributed by atoms with Gasteiger partial charge >= 0.3 is 0 Å². The first kappa shape index (κ1) is 16.9. The number of ether oxygens (including phenoxy) is 1. The van der Waals surface area contributed by atoms with Crippen molar-refractivity contribution in [2.75, 3.05) is 7.11 Å². The molecule has 2 aromatic heterocycles. The Bertz CT molecular complexity index is 1200. The number of carbonyl (C=O) groups is 1. The second kappa shape index (κ2) is 6.44. The maximum absolute atomic E-state index is 13.1. The van der Waals surface area contributed by atoms with Gasteiger partial charge in [0, 0.05) is 46.3 Å². The van der Waals surface area contributed by atoms with E-state index in [2.05, 4.69) is 22.4 Å². The molecule has 0 saturated heterocycles. The molecule has 5 nitrogen and oxygen atoms in total. The molecule has 0 fully saturated rings. The largest absolute Gasteiger partial charge is 0.497 e. The van der Waals surface area contributed by atoms with E-state index in [1.807, 2.05) is 48.1 Å². The van der Waals surface area contributed by atoms with Crippen molar-refractivity contribution in [2.45, 2.75) is 25.3 Å². The van der Waals surface area contributed by atoms with E-state index in [4.69, 9.17) is 4.74 Å². The van der Waals surface area contributed by atoms with Gasteiger partial charge in [-0.2, -0.15) is 0 Å². The van der Waals surface area contributed by atoms with Gasteiger partial charge in [-0.15, -0.1) is 0 Å². The zero-order chi connectivity index (χ0) is 19.3. The molecule has 1 atom stereocenters. The molecule has 0 spiro atoms. The Morgan fingerprint density at radius 1 is 1.21 bits per heavy atom. The molecule has 5 heteroatoms. The van der Waals surface area contributed by atoms with Crippen LogP contribution in [0.15, 0.2) is 48.7 Å². The van der Waals surface area contributed by atoms with E-state index in [1.54, 1.807) is 7.11 Å². The predicted octanol–water partition coefficient (Wildman–Crippen LogP) is 4.48. The quantitative estimate of drug-likeness (QED) is 0.556. The van der Waals surface area contributed by atoms with E-state index in [0.29, 0.717) is 0 Å². The van der Waals surface area contributed by atoms with Crippen LogP contribution < -0.4 is 10.1 Å². The van der Waals surface area contributed by atoms with Crippen molar-refractivity contribution in [2.24, 2.45) is 7.05 Å². The Morgan fingerprint density at radius 2 is 2.11 bits per heavy atom. The van der Waals surface area contributed by atoms with Crippen molar-refractivity contribution in [3.05, 3.63) is 65.5 Å². The molecule has 28 heavy (non-hydrogen) atoms. The summed E-state index contributed by atoms with van der Waals surface area (Å²) in [6.07, 6.45) is 5.00. The second-order valence-electron chi connectivity index (χ2n) is 7.51. The summed E-state index contributed by atoms with van der Waals surface area (Å²) in [6.45, 7) is 0. The summed E-state index contributed by atoms with van der Waals surface area (Å²) in [7, 11) is 3.68. The molecule has 0 unspecified atom stereocenters. The van der Waals surface area contributed by atoms with E-state index in [0.717, 1.165) is 52.7 Å². The van der Waals surface area contributed by atoms with Crippen molar-refractivity contribution in [3.8, 4) is 5.75 Å². The van der Waals surface area contributed by atoms with Gasteiger partial charge in [0.2, 0.25) is 0 Å². The molecule has 4 aromatic rings.